The molecule has 19 heavy (non-hydrogen) atoms. The molecule has 7 heteroatoms. The van der Waals surface area contributed by atoms with Crippen LogP contribution in [0, 0.1) is 5.92 Å². The van der Waals surface area contributed by atoms with Gasteiger partial charge in [-0.15, -0.1) is 0 Å². The zero-order chi connectivity index (χ0) is 14.9. The number of guanidine groups is 1. The zero-order valence-electron chi connectivity index (χ0n) is 12.1. The molecule has 0 bridgehead atoms. The molecule has 0 saturated heterocycles. The molecule has 114 valence electrons. The molecule has 0 aromatic heterocycles. The van der Waals surface area contributed by atoms with Crippen LogP contribution in [0.1, 0.15) is 20.3 Å². The van der Waals surface area contributed by atoms with E-state index in [-0.39, 0.29) is 0 Å². The fourth-order valence-electron chi connectivity index (χ4n) is 1.46. The van der Waals surface area contributed by atoms with Crippen molar-refractivity contribution >= 4 is 5.96 Å². The molecule has 4 nitrogen and oxygen atoms in total. The Morgan fingerprint density at radius 2 is 1.89 bits per heavy atom. The first-order valence-electron chi connectivity index (χ1n) is 6.44. The number of nitrogens with zero attached hydrogens (tertiary/aromatic N) is 2. The van der Waals surface area contributed by atoms with Gasteiger partial charge in [0.1, 0.15) is 0 Å². The van der Waals surface area contributed by atoms with Crippen LogP contribution in [0.5, 0.6) is 0 Å². The molecule has 0 heterocycles. The lowest BCUT2D eigenvalue weighted by atomic mass is 10.2. The van der Waals surface area contributed by atoms with Crippen LogP contribution < -0.4 is 10.6 Å². The molecule has 0 aromatic rings. The van der Waals surface area contributed by atoms with Crippen LogP contribution in [0.2, 0.25) is 0 Å². The second-order valence-electron chi connectivity index (χ2n) is 4.98. The number of aliphatic imine (C=N–C) groups is 1. The maximum atomic E-state index is 12.1. The predicted molar refractivity (Wildman–Crippen MR) is 72.4 cm³/mol. The normalized spacial score (nSPS) is 13.2. The molecular formula is C12H25F3N4. The number of hydrogen-bond acceptors (Lipinski definition) is 2. The van der Waals surface area contributed by atoms with Gasteiger partial charge in [0, 0.05) is 20.1 Å². The van der Waals surface area contributed by atoms with E-state index < -0.39 is 12.7 Å². The monoisotopic (exact) mass is 282 g/mol. The summed E-state index contributed by atoms with van der Waals surface area (Å²) < 4.78 is 36.3. The molecule has 0 saturated carbocycles. The number of nitrogens with one attached hydrogen (secondary N) is 2. The Morgan fingerprint density at radius 1 is 1.26 bits per heavy atom. The smallest absolute Gasteiger partial charge is 0.356 e. The summed E-state index contributed by atoms with van der Waals surface area (Å²) in [5.41, 5.74) is 0. The second-order valence-corrected chi connectivity index (χ2v) is 4.98. The quantitative estimate of drug-likeness (QED) is 0.424. The van der Waals surface area contributed by atoms with E-state index in [1.165, 1.54) is 11.9 Å². The predicted octanol–water partition coefficient (Wildman–Crippen LogP) is 1.69. The summed E-state index contributed by atoms with van der Waals surface area (Å²) in [5.74, 6) is 1.20. The van der Waals surface area contributed by atoms with Crippen LogP contribution in [0.15, 0.2) is 4.99 Å². The Bertz CT molecular complexity index is 264. The first-order valence-corrected chi connectivity index (χ1v) is 6.44. The minimum absolute atomic E-state index is 0.397. The zero-order valence-corrected chi connectivity index (χ0v) is 12.1. The van der Waals surface area contributed by atoms with Crippen molar-refractivity contribution in [3.63, 3.8) is 0 Å². The van der Waals surface area contributed by atoms with Crippen LogP contribution >= 0.6 is 0 Å². The fraction of sp³-hybridized carbons (Fsp3) is 0.917. The van der Waals surface area contributed by atoms with E-state index in [2.05, 4.69) is 29.5 Å². The molecule has 0 rings (SSSR count). The molecule has 0 amide bonds. The summed E-state index contributed by atoms with van der Waals surface area (Å²) in [6, 6.07) is 0. The van der Waals surface area contributed by atoms with E-state index in [1.807, 2.05) is 0 Å². The van der Waals surface area contributed by atoms with Gasteiger partial charge in [-0.25, -0.2) is 0 Å². The van der Waals surface area contributed by atoms with Gasteiger partial charge in [-0.05, 0) is 25.9 Å². The molecule has 0 aliphatic rings. The van der Waals surface area contributed by atoms with Crippen LogP contribution in [0.3, 0.4) is 0 Å². The highest BCUT2D eigenvalue weighted by Crippen LogP contribution is 2.15. The summed E-state index contributed by atoms with van der Waals surface area (Å²) in [5, 5.41) is 6.21. The fourth-order valence-corrected chi connectivity index (χ4v) is 1.46. The third-order valence-corrected chi connectivity index (χ3v) is 2.36. The molecule has 0 aliphatic heterocycles. The Hall–Kier alpha value is -0.980. The summed E-state index contributed by atoms with van der Waals surface area (Å²) in [6.07, 6.45) is -3.49. The van der Waals surface area contributed by atoms with Crippen molar-refractivity contribution < 1.29 is 13.2 Å². The van der Waals surface area contributed by atoms with Crippen molar-refractivity contribution in [3.8, 4) is 0 Å². The van der Waals surface area contributed by atoms with Crippen molar-refractivity contribution in [2.45, 2.75) is 26.4 Å². The van der Waals surface area contributed by atoms with Gasteiger partial charge in [0.2, 0.25) is 0 Å². The number of halogens is 3. The maximum Gasteiger partial charge on any atom is 0.401 e. The number of rotatable bonds is 7. The Morgan fingerprint density at radius 3 is 2.37 bits per heavy atom. The molecule has 0 fully saturated rings. The van der Waals surface area contributed by atoms with Crippen molar-refractivity contribution in [2.75, 3.05) is 40.3 Å². The maximum absolute atomic E-state index is 12.1. The third-order valence-electron chi connectivity index (χ3n) is 2.36. The third kappa shape index (κ3) is 11.8. The Labute approximate surface area is 113 Å². The molecular weight excluding hydrogens is 257 g/mol. The Balaban J connectivity index is 3.72. The van der Waals surface area contributed by atoms with E-state index in [4.69, 9.17) is 0 Å². The molecule has 0 radical (unpaired) electrons. The highest BCUT2D eigenvalue weighted by atomic mass is 19.4. The molecule has 0 aliphatic carbocycles. The van der Waals surface area contributed by atoms with E-state index in [1.54, 1.807) is 7.05 Å². The lowest BCUT2D eigenvalue weighted by molar-refractivity contribution is -0.143. The van der Waals surface area contributed by atoms with E-state index in [0.29, 0.717) is 31.4 Å². The lowest BCUT2D eigenvalue weighted by Gasteiger charge is -2.19. The number of alkyl halides is 3. The van der Waals surface area contributed by atoms with Crippen molar-refractivity contribution in [1.29, 1.82) is 0 Å². The molecule has 0 unspecified atom stereocenters. The van der Waals surface area contributed by atoms with Gasteiger partial charge < -0.3 is 10.6 Å². The van der Waals surface area contributed by atoms with Gasteiger partial charge in [-0.2, -0.15) is 13.2 Å². The van der Waals surface area contributed by atoms with Crippen LogP contribution in [-0.4, -0.2) is 57.3 Å². The van der Waals surface area contributed by atoms with Crippen LogP contribution in [0.4, 0.5) is 13.2 Å². The van der Waals surface area contributed by atoms with E-state index >= 15 is 0 Å². The minimum atomic E-state index is -4.13. The number of hydrogen-bond donors (Lipinski definition) is 2. The van der Waals surface area contributed by atoms with Gasteiger partial charge in [-0.3, -0.25) is 9.89 Å². The summed E-state index contributed by atoms with van der Waals surface area (Å²) >= 11 is 0. The standard InChI is InChI=1S/C12H25F3N4/c1-10(2)8-18-11(16-3)17-6-5-7-19(4)9-12(13,14)15/h10H,5-9H2,1-4H3,(H2,16,17,18). The SMILES string of the molecule is CN=C(NCCCN(C)CC(F)(F)F)NCC(C)C. The lowest BCUT2D eigenvalue weighted by Crippen LogP contribution is -2.40. The summed E-state index contributed by atoms with van der Waals surface area (Å²) in [6.45, 7) is 5.12. The first-order chi connectivity index (χ1) is 8.74. The van der Waals surface area contributed by atoms with Gasteiger partial charge in [0.05, 0.1) is 6.54 Å². The highest BCUT2D eigenvalue weighted by Gasteiger charge is 2.28. The summed E-state index contributed by atoms with van der Waals surface area (Å²) in [7, 11) is 3.14. The minimum Gasteiger partial charge on any atom is -0.356 e. The van der Waals surface area contributed by atoms with Crippen molar-refractivity contribution in [2.24, 2.45) is 10.9 Å². The molecule has 2 N–H and O–H groups in total. The van der Waals surface area contributed by atoms with E-state index in [0.717, 1.165) is 6.54 Å². The average Bonchev–Trinajstić information content (AvgIpc) is 2.25. The van der Waals surface area contributed by atoms with Crippen LogP contribution in [0.25, 0.3) is 0 Å². The molecule has 0 atom stereocenters. The molecule has 0 spiro atoms. The molecule has 0 aromatic carbocycles. The van der Waals surface area contributed by atoms with Gasteiger partial charge >= 0.3 is 6.18 Å². The average molecular weight is 282 g/mol. The van der Waals surface area contributed by atoms with Crippen LogP contribution in [-0.2, 0) is 0 Å². The largest absolute Gasteiger partial charge is 0.401 e. The van der Waals surface area contributed by atoms with E-state index in [9.17, 15) is 13.2 Å². The van der Waals surface area contributed by atoms with Crippen molar-refractivity contribution in [1.82, 2.24) is 15.5 Å². The second kappa shape index (κ2) is 9.01. The Kier molecular flexibility index (Phi) is 8.54. The first kappa shape index (κ1) is 18.0. The van der Waals surface area contributed by atoms with Crippen molar-refractivity contribution in [3.05, 3.63) is 0 Å². The topological polar surface area (TPSA) is 39.7 Å². The summed E-state index contributed by atoms with van der Waals surface area (Å²) in [4.78, 5) is 5.31. The van der Waals surface area contributed by atoms with Gasteiger partial charge in [0.25, 0.3) is 0 Å². The van der Waals surface area contributed by atoms with Gasteiger partial charge in [-0.1, -0.05) is 13.8 Å². The highest BCUT2D eigenvalue weighted by molar-refractivity contribution is 5.79. The van der Waals surface area contributed by atoms with Gasteiger partial charge in [0.15, 0.2) is 5.96 Å².